The Kier molecular flexibility index (Phi) is 7.75. The summed E-state index contributed by atoms with van der Waals surface area (Å²) < 4.78 is 18.6. The minimum Gasteiger partial charge on any atom is -0.379 e. The quantitative estimate of drug-likeness (QED) is 0.710. The number of morpholine rings is 1. The highest BCUT2D eigenvalue weighted by atomic mass is 32.1. The average Bonchev–Trinajstić information content (AvgIpc) is 3.07. The third-order valence-corrected chi connectivity index (χ3v) is 6.28. The number of thiazole rings is 1. The van der Waals surface area contributed by atoms with Crippen molar-refractivity contribution in [2.75, 3.05) is 32.8 Å². The standard InChI is InChI=1S/C22H30FN3O2S/c1-15(2)12-19(26-8-10-28-11-9-26)14-24-22(27)21-16(3)25-20(29-21)13-17-4-6-18(23)7-5-17/h4-7,15,19H,8-14H2,1-3H3,(H,24,27). The van der Waals surface area contributed by atoms with Gasteiger partial charge in [-0.25, -0.2) is 9.37 Å². The van der Waals surface area contributed by atoms with Gasteiger partial charge in [-0.05, 0) is 37.0 Å². The summed E-state index contributed by atoms with van der Waals surface area (Å²) in [5, 5.41) is 3.99. The van der Waals surface area contributed by atoms with Gasteiger partial charge in [0.15, 0.2) is 0 Å². The topological polar surface area (TPSA) is 54.5 Å². The number of nitrogens with zero attached hydrogens (tertiary/aromatic N) is 2. The van der Waals surface area contributed by atoms with Gasteiger partial charge in [-0.15, -0.1) is 11.3 Å². The number of ether oxygens (including phenoxy) is 1. The fourth-order valence-electron chi connectivity index (χ4n) is 3.65. The van der Waals surface area contributed by atoms with Crippen molar-refractivity contribution in [2.24, 2.45) is 5.92 Å². The molecule has 0 saturated carbocycles. The van der Waals surface area contributed by atoms with Crippen LogP contribution in [0.4, 0.5) is 4.39 Å². The van der Waals surface area contributed by atoms with E-state index < -0.39 is 0 Å². The van der Waals surface area contributed by atoms with Gasteiger partial charge < -0.3 is 10.1 Å². The second-order valence-corrected chi connectivity index (χ2v) is 9.05. The molecule has 0 bridgehead atoms. The lowest BCUT2D eigenvalue weighted by Crippen LogP contribution is -2.49. The van der Waals surface area contributed by atoms with E-state index in [1.807, 2.05) is 6.92 Å². The maximum absolute atomic E-state index is 13.1. The molecule has 0 aliphatic carbocycles. The Hall–Kier alpha value is -1.83. The lowest BCUT2D eigenvalue weighted by molar-refractivity contribution is 0.0125. The second-order valence-electron chi connectivity index (χ2n) is 7.97. The molecular weight excluding hydrogens is 389 g/mol. The highest BCUT2D eigenvalue weighted by molar-refractivity contribution is 7.13. The molecule has 1 aromatic heterocycles. The molecule has 1 aliphatic rings. The molecular formula is C22H30FN3O2S. The number of aryl methyl sites for hydroxylation is 1. The van der Waals surface area contributed by atoms with Crippen molar-refractivity contribution in [1.29, 1.82) is 0 Å². The number of aromatic nitrogens is 1. The summed E-state index contributed by atoms with van der Waals surface area (Å²) in [7, 11) is 0. The van der Waals surface area contributed by atoms with Crippen LogP contribution in [0.25, 0.3) is 0 Å². The molecule has 0 spiro atoms. The van der Waals surface area contributed by atoms with Crippen molar-refractivity contribution >= 4 is 17.2 Å². The van der Waals surface area contributed by atoms with E-state index in [2.05, 4.69) is 29.0 Å². The molecule has 2 heterocycles. The molecule has 1 aliphatic heterocycles. The van der Waals surface area contributed by atoms with Crippen LogP contribution in [0.5, 0.6) is 0 Å². The maximum Gasteiger partial charge on any atom is 0.263 e. The average molecular weight is 420 g/mol. The summed E-state index contributed by atoms with van der Waals surface area (Å²) >= 11 is 1.42. The van der Waals surface area contributed by atoms with E-state index >= 15 is 0 Å². The van der Waals surface area contributed by atoms with Gasteiger partial charge in [-0.2, -0.15) is 0 Å². The lowest BCUT2D eigenvalue weighted by Gasteiger charge is -2.35. The van der Waals surface area contributed by atoms with E-state index in [0.717, 1.165) is 49.0 Å². The van der Waals surface area contributed by atoms with E-state index in [-0.39, 0.29) is 11.7 Å². The highest BCUT2D eigenvalue weighted by Crippen LogP contribution is 2.21. The van der Waals surface area contributed by atoms with E-state index in [0.29, 0.717) is 29.8 Å². The Morgan fingerprint density at radius 1 is 1.28 bits per heavy atom. The molecule has 1 saturated heterocycles. The summed E-state index contributed by atoms with van der Waals surface area (Å²) in [6.45, 7) is 10.2. The van der Waals surface area contributed by atoms with E-state index in [1.165, 1.54) is 23.5 Å². The molecule has 158 valence electrons. The van der Waals surface area contributed by atoms with Crippen LogP contribution >= 0.6 is 11.3 Å². The van der Waals surface area contributed by atoms with Crippen LogP contribution in [0.2, 0.25) is 0 Å². The zero-order valence-electron chi connectivity index (χ0n) is 17.4. The summed E-state index contributed by atoms with van der Waals surface area (Å²) in [6.07, 6.45) is 1.64. The summed E-state index contributed by atoms with van der Waals surface area (Å²) in [6, 6.07) is 6.72. The molecule has 0 radical (unpaired) electrons. The number of amides is 1. The molecule has 3 rings (SSSR count). The van der Waals surface area contributed by atoms with E-state index in [4.69, 9.17) is 4.74 Å². The van der Waals surface area contributed by atoms with Crippen LogP contribution in [0.1, 0.15) is 46.2 Å². The van der Waals surface area contributed by atoms with Gasteiger partial charge in [0.25, 0.3) is 5.91 Å². The van der Waals surface area contributed by atoms with Crippen molar-refractivity contribution in [3.05, 3.63) is 51.2 Å². The number of rotatable bonds is 8. The van der Waals surface area contributed by atoms with E-state index in [9.17, 15) is 9.18 Å². The van der Waals surface area contributed by atoms with Gasteiger partial charge in [-0.3, -0.25) is 9.69 Å². The fourth-order valence-corrected chi connectivity index (χ4v) is 4.67. The van der Waals surface area contributed by atoms with Crippen LogP contribution in [0.15, 0.2) is 24.3 Å². The Bertz CT molecular complexity index is 801. The molecule has 1 atom stereocenters. The first-order valence-electron chi connectivity index (χ1n) is 10.2. The van der Waals surface area contributed by atoms with Crippen LogP contribution in [-0.4, -0.2) is 54.7 Å². The SMILES string of the molecule is Cc1nc(Cc2ccc(F)cc2)sc1C(=O)NCC(CC(C)C)N1CCOCC1. The summed E-state index contributed by atoms with van der Waals surface area (Å²) in [4.78, 5) is 20.4. The van der Waals surface area contributed by atoms with Gasteiger partial charge in [0.2, 0.25) is 0 Å². The van der Waals surface area contributed by atoms with Gasteiger partial charge >= 0.3 is 0 Å². The van der Waals surface area contributed by atoms with Crippen molar-refractivity contribution in [1.82, 2.24) is 15.2 Å². The number of hydrogen-bond donors (Lipinski definition) is 1. The number of carbonyl (C=O) groups excluding carboxylic acids is 1. The van der Waals surface area contributed by atoms with Crippen molar-refractivity contribution in [3.63, 3.8) is 0 Å². The molecule has 7 heteroatoms. The first-order chi connectivity index (χ1) is 13.9. The lowest BCUT2D eigenvalue weighted by atomic mass is 10.0. The zero-order chi connectivity index (χ0) is 20.8. The third kappa shape index (κ3) is 6.32. The molecule has 1 N–H and O–H groups in total. The predicted octanol–water partition coefficient (Wildman–Crippen LogP) is 3.66. The maximum atomic E-state index is 13.1. The molecule has 29 heavy (non-hydrogen) atoms. The Morgan fingerprint density at radius 2 is 1.97 bits per heavy atom. The Morgan fingerprint density at radius 3 is 2.62 bits per heavy atom. The molecule has 1 fully saturated rings. The van der Waals surface area contributed by atoms with Crippen LogP contribution in [0.3, 0.4) is 0 Å². The normalized spacial score (nSPS) is 16.2. The summed E-state index contributed by atoms with van der Waals surface area (Å²) in [5.41, 5.74) is 1.73. The zero-order valence-corrected chi connectivity index (χ0v) is 18.2. The predicted molar refractivity (Wildman–Crippen MR) is 114 cm³/mol. The first kappa shape index (κ1) is 21.9. The van der Waals surface area contributed by atoms with Crippen LogP contribution in [0, 0.1) is 18.7 Å². The molecule has 1 unspecified atom stereocenters. The molecule has 5 nitrogen and oxygen atoms in total. The van der Waals surface area contributed by atoms with Crippen molar-refractivity contribution in [2.45, 2.75) is 39.7 Å². The van der Waals surface area contributed by atoms with Crippen molar-refractivity contribution in [3.8, 4) is 0 Å². The van der Waals surface area contributed by atoms with Gasteiger partial charge in [0.05, 0.1) is 23.9 Å². The number of hydrogen-bond acceptors (Lipinski definition) is 5. The monoisotopic (exact) mass is 419 g/mol. The number of carbonyl (C=O) groups is 1. The highest BCUT2D eigenvalue weighted by Gasteiger charge is 2.23. The minimum absolute atomic E-state index is 0.0626. The molecule has 1 aromatic carbocycles. The van der Waals surface area contributed by atoms with Gasteiger partial charge in [0.1, 0.15) is 10.7 Å². The van der Waals surface area contributed by atoms with Crippen LogP contribution < -0.4 is 5.32 Å². The van der Waals surface area contributed by atoms with Gasteiger partial charge in [-0.1, -0.05) is 26.0 Å². The van der Waals surface area contributed by atoms with E-state index in [1.54, 1.807) is 12.1 Å². The van der Waals surface area contributed by atoms with Crippen LogP contribution in [-0.2, 0) is 11.2 Å². The minimum atomic E-state index is -0.250. The largest absolute Gasteiger partial charge is 0.379 e. The smallest absolute Gasteiger partial charge is 0.263 e. The summed E-state index contributed by atoms with van der Waals surface area (Å²) in [5.74, 6) is 0.250. The van der Waals surface area contributed by atoms with Crippen molar-refractivity contribution < 1.29 is 13.9 Å². The van der Waals surface area contributed by atoms with Gasteiger partial charge in [0, 0.05) is 32.1 Å². The fraction of sp³-hybridized carbons (Fsp3) is 0.545. The molecule has 2 aromatic rings. The number of benzene rings is 1. The Balaban J connectivity index is 1.61. The first-order valence-corrected chi connectivity index (χ1v) is 11.0. The molecule has 1 amide bonds. The number of nitrogens with one attached hydrogen (secondary N) is 1. The second kappa shape index (κ2) is 10.3. The third-order valence-electron chi connectivity index (χ3n) is 5.12. The Labute approximate surface area is 176 Å². The number of halogens is 1.